The van der Waals surface area contributed by atoms with Crippen molar-refractivity contribution in [3.8, 4) is 0 Å². The SMILES string of the molecule is COC(=O)[C@]12CCC[C@@]1(C(=O)OC)[C@H]1CC[C@@H]2C1=C(C)C. The molecule has 4 heteroatoms. The highest BCUT2D eigenvalue weighted by atomic mass is 16.5. The third-order valence-electron chi connectivity index (χ3n) is 6.30. The summed E-state index contributed by atoms with van der Waals surface area (Å²) < 4.78 is 10.3. The van der Waals surface area contributed by atoms with Crippen molar-refractivity contribution >= 4 is 11.9 Å². The fraction of sp³-hybridized carbons (Fsp3) is 0.765. The molecule has 0 unspecified atom stereocenters. The molecule has 3 fully saturated rings. The minimum Gasteiger partial charge on any atom is -0.469 e. The second kappa shape index (κ2) is 4.59. The first-order valence-electron chi connectivity index (χ1n) is 7.81. The summed E-state index contributed by atoms with van der Waals surface area (Å²) in [7, 11) is 2.87. The zero-order valence-corrected chi connectivity index (χ0v) is 13.3. The Labute approximate surface area is 125 Å². The highest BCUT2D eigenvalue weighted by Gasteiger charge is 2.78. The first-order valence-corrected chi connectivity index (χ1v) is 7.81. The van der Waals surface area contributed by atoms with E-state index >= 15 is 0 Å². The van der Waals surface area contributed by atoms with Crippen LogP contribution in [-0.4, -0.2) is 26.2 Å². The Hall–Kier alpha value is -1.32. The maximum absolute atomic E-state index is 12.7. The summed E-state index contributed by atoms with van der Waals surface area (Å²) in [4.78, 5) is 25.5. The van der Waals surface area contributed by atoms with E-state index in [1.165, 1.54) is 25.4 Å². The number of hydrogen-bond acceptors (Lipinski definition) is 4. The summed E-state index contributed by atoms with van der Waals surface area (Å²) >= 11 is 0. The van der Waals surface area contributed by atoms with E-state index in [0.29, 0.717) is 0 Å². The Bertz CT molecular complexity index is 491. The Morgan fingerprint density at radius 2 is 1.38 bits per heavy atom. The molecule has 0 saturated heterocycles. The highest BCUT2D eigenvalue weighted by molar-refractivity contribution is 5.92. The summed E-state index contributed by atoms with van der Waals surface area (Å²) in [5.74, 6) is -0.115. The molecule has 3 saturated carbocycles. The molecule has 4 nitrogen and oxygen atoms in total. The van der Waals surface area contributed by atoms with Crippen LogP contribution in [0.3, 0.4) is 0 Å². The first-order chi connectivity index (χ1) is 9.97. The normalized spacial score (nSPS) is 40.1. The fourth-order valence-corrected chi connectivity index (χ4v) is 5.89. The highest BCUT2D eigenvalue weighted by Crippen LogP contribution is 2.76. The maximum Gasteiger partial charge on any atom is 0.313 e. The average molecular weight is 292 g/mol. The van der Waals surface area contributed by atoms with Crippen molar-refractivity contribution in [2.75, 3.05) is 14.2 Å². The van der Waals surface area contributed by atoms with Crippen LogP contribution in [0.25, 0.3) is 0 Å². The minimum atomic E-state index is -0.690. The van der Waals surface area contributed by atoms with Gasteiger partial charge >= 0.3 is 11.9 Å². The number of hydrogen-bond donors (Lipinski definition) is 0. The number of allylic oxidation sites excluding steroid dienone is 2. The smallest absolute Gasteiger partial charge is 0.313 e. The molecule has 3 aliphatic carbocycles. The van der Waals surface area contributed by atoms with Gasteiger partial charge in [-0.3, -0.25) is 9.59 Å². The van der Waals surface area contributed by atoms with Gasteiger partial charge in [0.05, 0.1) is 25.0 Å². The lowest BCUT2D eigenvalue weighted by Crippen LogP contribution is -2.53. The van der Waals surface area contributed by atoms with Crippen molar-refractivity contribution in [1.82, 2.24) is 0 Å². The molecule has 0 radical (unpaired) electrons. The average Bonchev–Trinajstić information content (AvgIpc) is 3.12. The number of carbonyl (C=O) groups is 2. The molecule has 0 amide bonds. The Balaban J connectivity index is 2.26. The molecule has 3 rings (SSSR count). The molecule has 4 atom stereocenters. The van der Waals surface area contributed by atoms with E-state index in [0.717, 1.165) is 32.1 Å². The van der Waals surface area contributed by atoms with Crippen LogP contribution in [-0.2, 0) is 19.1 Å². The van der Waals surface area contributed by atoms with Crippen molar-refractivity contribution in [2.45, 2.75) is 46.0 Å². The van der Waals surface area contributed by atoms with Crippen LogP contribution >= 0.6 is 0 Å². The standard InChI is InChI=1S/C17H24O4/c1-10(2)13-11-6-7-12(13)17(15(19)21-4)9-5-8-16(11,17)14(18)20-3/h11-12H,5-9H2,1-4H3/t11-,12+,16-,17+. The number of ether oxygens (including phenoxy) is 2. The molecular weight excluding hydrogens is 268 g/mol. The molecule has 3 aliphatic rings. The number of carbonyl (C=O) groups excluding carboxylic acids is 2. The van der Waals surface area contributed by atoms with Crippen LogP contribution in [0.4, 0.5) is 0 Å². The quantitative estimate of drug-likeness (QED) is 0.580. The monoisotopic (exact) mass is 292 g/mol. The molecule has 116 valence electrons. The van der Waals surface area contributed by atoms with Gasteiger partial charge in [-0.15, -0.1) is 0 Å². The lowest BCUT2D eigenvalue weighted by atomic mass is 9.57. The number of methoxy groups -OCH3 is 2. The van der Waals surface area contributed by atoms with Gasteiger partial charge in [-0.25, -0.2) is 0 Å². The van der Waals surface area contributed by atoms with Gasteiger partial charge in [0.2, 0.25) is 0 Å². The number of fused-ring (bicyclic) bond motifs is 5. The lowest BCUT2D eigenvalue weighted by molar-refractivity contribution is -0.181. The van der Waals surface area contributed by atoms with Gasteiger partial charge in [-0.2, -0.15) is 0 Å². The van der Waals surface area contributed by atoms with Gasteiger partial charge in [0, 0.05) is 0 Å². The second-order valence-electron chi connectivity index (χ2n) is 6.92. The van der Waals surface area contributed by atoms with E-state index in [1.807, 2.05) is 0 Å². The Morgan fingerprint density at radius 3 is 1.71 bits per heavy atom. The van der Waals surface area contributed by atoms with E-state index in [1.54, 1.807) is 0 Å². The van der Waals surface area contributed by atoms with Crippen LogP contribution in [0, 0.1) is 22.7 Å². The zero-order chi connectivity index (χ0) is 15.4. The van der Waals surface area contributed by atoms with Crippen molar-refractivity contribution in [1.29, 1.82) is 0 Å². The van der Waals surface area contributed by atoms with E-state index in [-0.39, 0.29) is 23.8 Å². The summed E-state index contributed by atoms with van der Waals surface area (Å²) in [5.41, 5.74) is 1.20. The number of rotatable bonds is 2. The molecule has 21 heavy (non-hydrogen) atoms. The summed E-state index contributed by atoms with van der Waals surface area (Å²) in [6.07, 6.45) is 4.35. The van der Waals surface area contributed by atoms with E-state index < -0.39 is 10.8 Å². The Morgan fingerprint density at radius 1 is 0.952 bits per heavy atom. The van der Waals surface area contributed by atoms with Gasteiger partial charge in [0.1, 0.15) is 0 Å². The van der Waals surface area contributed by atoms with Crippen LogP contribution < -0.4 is 0 Å². The predicted octanol–water partition coefficient (Wildman–Crippen LogP) is 2.87. The van der Waals surface area contributed by atoms with Crippen LogP contribution in [0.5, 0.6) is 0 Å². The molecule has 0 aliphatic heterocycles. The summed E-state index contributed by atoms with van der Waals surface area (Å²) in [5, 5.41) is 0. The molecule has 0 spiro atoms. The molecule has 2 bridgehead atoms. The van der Waals surface area contributed by atoms with Crippen LogP contribution in [0.15, 0.2) is 11.1 Å². The largest absolute Gasteiger partial charge is 0.469 e. The van der Waals surface area contributed by atoms with Gasteiger partial charge in [-0.1, -0.05) is 17.6 Å². The molecule has 0 aromatic rings. The molecule has 0 heterocycles. The van der Waals surface area contributed by atoms with Crippen LogP contribution in [0.1, 0.15) is 46.0 Å². The van der Waals surface area contributed by atoms with Crippen molar-refractivity contribution in [3.05, 3.63) is 11.1 Å². The fourth-order valence-electron chi connectivity index (χ4n) is 5.89. The second-order valence-corrected chi connectivity index (χ2v) is 6.92. The molecule has 0 N–H and O–H groups in total. The van der Waals surface area contributed by atoms with E-state index in [4.69, 9.17) is 9.47 Å². The predicted molar refractivity (Wildman–Crippen MR) is 77.3 cm³/mol. The molecule has 0 aromatic heterocycles. The van der Waals surface area contributed by atoms with Crippen molar-refractivity contribution in [3.63, 3.8) is 0 Å². The first kappa shape index (κ1) is 14.6. The summed E-state index contributed by atoms with van der Waals surface area (Å²) in [6, 6.07) is 0. The third kappa shape index (κ3) is 1.41. The van der Waals surface area contributed by atoms with Gasteiger partial charge in [0.15, 0.2) is 0 Å². The van der Waals surface area contributed by atoms with Crippen molar-refractivity contribution < 1.29 is 19.1 Å². The zero-order valence-electron chi connectivity index (χ0n) is 13.3. The molecule has 0 aromatic carbocycles. The lowest BCUT2D eigenvalue weighted by Gasteiger charge is -2.44. The Kier molecular flexibility index (Phi) is 3.19. The van der Waals surface area contributed by atoms with E-state index in [9.17, 15) is 9.59 Å². The maximum atomic E-state index is 12.7. The van der Waals surface area contributed by atoms with Crippen molar-refractivity contribution in [2.24, 2.45) is 22.7 Å². The van der Waals surface area contributed by atoms with E-state index in [2.05, 4.69) is 13.8 Å². The van der Waals surface area contributed by atoms with Gasteiger partial charge < -0.3 is 9.47 Å². The topological polar surface area (TPSA) is 52.6 Å². The summed E-state index contributed by atoms with van der Waals surface area (Å²) in [6.45, 7) is 4.19. The van der Waals surface area contributed by atoms with Crippen LogP contribution in [0.2, 0.25) is 0 Å². The molecular formula is C17H24O4. The van der Waals surface area contributed by atoms with Gasteiger partial charge in [-0.05, 0) is 51.4 Å². The minimum absolute atomic E-state index is 0.154. The number of esters is 2. The van der Waals surface area contributed by atoms with Gasteiger partial charge in [0.25, 0.3) is 0 Å². The third-order valence-corrected chi connectivity index (χ3v) is 6.30.